The van der Waals surface area contributed by atoms with Crippen LogP contribution in [0.15, 0.2) is 48.9 Å². The predicted octanol–water partition coefficient (Wildman–Crippen LogP) is 3.59. The molecule has 0 bridgehead atoms. The summed E-state index contributed by atoms with van der Waals surface area (Å²) in [5, 5.41) is 24.6. The van der Waals surface area contributed by atoms with Gasteiger partial charge in [-0.3, -0.25) is 9.35 Å². The average Bonchev–Trinajstić information content (AvgIpc) is 2.65. The molecular formula is C17H15Br3N2O7S. The van der Waals surface area contributed by atoms with E-state index in [1.807, 2.05) is 0 Å². The fourth-order valence-electron chi connectivity index (χ4n) is 2.38. The van der Waals surface area contributed by atoms with Crippen LogP contribution in [-0.4, -0.2) is 41.4 Å². The van der Waals surface area contributed by atoms with Gasteiger partial charge in [-0.05, 0) is 89.6 Å². The minimum Gasteiger partial charge on any atom is -0.506 e. The number of aromatic hydroxyl groups is 1. The second kappa shape index (κ2) is 10.6. The first-order valence-corrected chi connectivity index (χ1v) is 11.9. The van der Waals surface area contributed by atoms with E-state index in [4.69, 9.17) is 4.55 Å². The molecule has 0 saturated heterocycles. The van der Waals surface area contributed by atoms with Crippen molar-refractivity contribution in [3.8, 4) is 11.5 Å². The monoisotopic (exact) mass is 628 g/mol. The number of phenolic OH excluding ortho intramolecular Hbond substituents is 1. The van der Waals surface area contributed by atoms with Crippen LogP contribution >= 0.6 is 47.8 Å². The van der Waals surface area contributed by atoms with Crippen LogP contribution in [0.2, 0.25) is 0 Å². The lowest BCUT2D eigenvalue weighted by Crippen LogP contribution is -2.33. The number of hydrogen-bond acceptors (Lipinski definition) is 7. The Balaban J connectivity index is 1.95. The molecule has 0 aromatic heterocycles. The second-order valence-corrected chi connectivity index (χ2v) is 9.50. The summed E-state index contributed by atoms with van der Waals surface area (Å²) in [7, 11) is -4.63. The van der Waals surface area contributed by atoms with Crippen molar-refractivity contribution in [3.63, 3.8) is 0 Å². The molecule has 0 atom stereocenters. The van der Waals surface area contributed by atoms with Crippen LogP contribution in [-0.2, 0) is 28.0 Å². The summed E-state index contributed by atoms with van der Waals surface area (Å²) in [5.41, 5.74) is 1.27. The lowest BCUT2D eigenvalue weighted by molar-refractivity contribution is -0.115. The molecule has 1 amide bonds. The quantitative estimate of drug-likeness (QED) is 0.151. The van der Waals surface area contributed by atoms with Gasteiger partial charge >= 0.3 is 10.4 Å². The first-order valence-electron chi connectivity index (χ1n) is 8.11. The maximum Gasteiger partial charge on any atom is 0.446 e. The van der Waals surface area contributed by atoms with Gasteiger partial charge in [-0.25, -0.2) is 0 Å². The maximum absolute atomic E-state index is 12.3. The molecular weight excluding hydrogens is 616 g/mol. The molecule has 0 aliphatic rings. The Hall–Kier alpha value is -1.67. The van der Waals surface area contributed by atoms with Crippen LogP contribution in [0.4, 0.5) is 0 Å². The zero-order valence-corrected chi connectivity index (χ0v) is 20.5. The molecule has 0 aliphatic heterocycles. The third-order valence-corrected chi connectivity index (χ3v) is 5.94. The molecule has 0 spiro atoms. The standard InChI is InChI=1S/C17H15Br3N2O7S/c18-11-5-9(1-2-15(11)29-30(26,27)28)3-4-21-17(24)14(22-25)8-10-6-12(19)16(23)13(20)7-10/h1-2,5-7,23,25H,3-4,8H2,(H,21,24)(H,26,27,28). The Morgan fingerprint density at radius 3 is 2.20 bits per heavy atom. The van der Waals surface area contributed by atoms with E-state index in [-0.39, 0.29) is 30.2 Å². The number of oxime groups is 1. The molecule has 9 nitrogen and oxygen atoms in total. The minimum absolute atomic E-state index is 0.0184. The number of nitrogens with zero attached hydrogens (tertiary/aromatic N) is 1. The highest BCUT2D eigenvalue weighted by atomic mass is 79.9. The number of phenols is 1. The zero-order valence-electron chi connectivity index (χ0n) is 15.0. The van der Waals surface area contributed by atoms with Crippen molar-refractivity contribution < 1.29 is 32.3 Å². The zero-order chi connectivity index (χ0) is 22.5. The van der Waals surface area contributed by atoms with E-state index in [0.29, 0.717) is 25.4 Å². The topological polar surface area (TPSA) is 146 Å². The van der Waals surface area contributed by atoms with E-state index in [1.54, 1.807) is 24.3 Å². The van der Waals surface area contributed by atoms with Gasteiger partial charge in [0.15, 0.2) is 5.75 Å². The highest BCUT2D eigenvalue weighted by Crippen LogP contribution is 2.33. The molecule has 162 valence electrons. The Morgan fingerprint density at radius 1 is 1.07 bits per heavy atom. The van der Waals surface area contributed by atoms with Crippen LogP contribution in [0, 0.1) is 0 Å². The Bertz CT molecular complexity index is 1070. The van der Waals surface area contributed by atoms with Crippen molar-refractivity contribution >= 4 is 69.8 Å². The van der Waals surface area contributed by atoms with Gasteiger partial charge in [0.2, 0.25) is 0 Å². The summed E-state index contributed by atoms with van der Waals surface area (Å²) >= 11 is 9.54. The van der Waals surface area contributed by atoms with Gasteiger partial charge in [0, 0.05) is 13.0 Å². The van der Waals surface area contributed by atoms with E-state index in [1.165, 1.54) is 6.07 Å². The highest BCUT2D eigenvalue weighted by Gasteiger charge is 2.15. The smallest absolute Gasteiger partial charge is 0.446 e. The Labute approximate surface area is 197 Å². The van der Waals surface area contributed by atoms with Crippen LogP contribution in [0.1, 0.15) is 11.1 Å². The molecule has 30 heavy (non-hydrogen) atoms. The van der Waals surface area contributed by atoms with Gasteiger partial charge in [0.25, 0.3) is 5.91 Å². The highest BCUT2D eigenvalue weighted by molar-refractivity contribution is 9.11. The van der Waals surface area contributed by atoms with Crippen molar-refractivity contribution in [2.75, 3.05) is 6.54 Å². The summed E-state index contributed by atoms with van der Waals surface area (Å²) in [5.74, 6) is -0.626. The number of nitrogens with one attached hydrogen (secondary N) is 1. The number of benzene rings is 2. The molecule has 2 aromatic rings. The SMILES string of the molecule is O=C(NCCc1ccc(OS(=O)(=O)O)c(Br)c1)C(Cc1cc(Br)c(O)c(Br)c1)=NO. The summed E-state index contributed by atoms with van der Waals surface area (Å²) in [6.07, 6.45) is 0.429. The number of carbonyl (C=O) groups is 1. The van der Waals surface area contributed by atoms with Gasteiger partial charge in [0.1, 0.15) is 11.5 Å². The van der Waals surface area contributed by atoms with Crippen molar-refractivity contribution in [1.82, 2.24) is 5.32 Å². The summed E-state index contributed by atoms with van der Waals surface area (Å²) in [4.78, 5) is 12.3. The van der Waals surface area contributed by atoms with Gasteiger partial charge < -0.3 is 19.8 Å². The summed E-state index contributed by atoms with van der Waals surface area (Å²) < 4.78 is 35.8. The molecule has 2 aromatic carbocycles. The molecule has 4 N–H and O–H groups in total. The van der Waals surface area contributed by atoms with Crippen molar-refractivity contribution in [3.05, 3.63) is 54.9 Å². The molecule has 0 fully saturated rings. The second-order valence-electron chi connectivity index (χ2n) is 5.91. The van der Waals surface area contributed by atoms with Crippen molar-refractivity contribution in [2.45, 2.75) is 12.8 Å². The predicted molar refractivity (Wildman–Crippen MR) is 119 cm³/mol. The van der Waals surface area contributed by atoms with Gasteiger partial charge in [-0.1, -0.05) is 11.2 Å². The fourth-order valence-corrected chi connectivity index (χ4v) is 4.65. The Kier molecular flexibility index (Phi) is 8.67. The number of halogens is 3. The number of amides is 1. The Morgan fingerprint density at radius 2 is 1.67 bits per heavy atom. The van der Waals surface area contributed by atoms with Crippen molar-refractivity contribution in [2.24, 2.45) is 5.16 Å². The van der Waals surface area contributed by atoms with Gasteiger partial charge in [-0.2, -0.15) is 8.42 Å². The first-order chi connectivity index (χ1) is 14.0. The summed E-state index contributed by atoms with van der Waals surface area (Å²) in [6.45, 7) is 0.214. The van der Waals surface area contributed by atoms with Crippen molar-refractivity contribution in [1.29, 1.82) is 0 Å². The van der Waals surface area contributed by atoms with E-state index in [0.717, 1.165) is 5.56 Å². The molecule has 0 radical (unpaired) electrons. The molecule has 0 saturated carbocycles. The van der Waals surface area contributed by atoms with Crippen LogP contribution in [0.5, 0.6) is 11.5 Å². The van der Waals surface area contributed by atoms with E-state index < -0.39 is 16.3 Å². The molecule has 0 heterocycles. The third-order valence-electron chi connectivity index (χ3n) is 3.72. The van der Waals surface area contributed by atoms with E-state index in [9.17, 15) is 23.5 Å². The van der Waals surface area contributed by atoms with Crippen LogP contribution in [0.25, 0.3) is 0 Å². The maximum atomic E-state index is 12.3. The lowest BCUT2D eigenvalue weighted by Gasteiger charge is -2.10. The van der Waals surface area contributed by atoms with Crippen LogP contribution in [0.3, 0.4) is 0 Å². The van der Waals surface area contributed by atoms with Gasteiger partial charge in [0.05, 0.1) is 13.4 Å². The normalized spacial score (nSPS) is 11.9. The molecule has 0 aliphatic carbocycles. The molecule has 0 unspecified atom stereocenters. The summed E-state index contributed by atoms with van der Waals surface area (Å²) in [6, 6.07) is 7.72. The largest absolute Gasteiger partial charge is 0.506 e. The molecule has 2 rings (SSSR count). The van der Waals surface area contributed by atoms with Crippen LogP contribution < -0.4 is 9.50 Å². The minimum atomic E-state index is -4.63. The third kappa shape index (κ3) is 7.23. The van der Waals surface area contributed by atoms with E-state index in [2.05, 4.69) is 62.4 Å². The lowest BCUT2D eigenvalue weighted by atomic mass is 10.1. The number of carbonyl (C=O) groups excluding carboxylic acids is 1. The number of rotatable bonds is 8. The average molecular weight is 631 g/mol. The van der Waals surface area contributed by atoms with Gasteiger partial charge in [-0.15, -0.1) is 0 Å². The molecule has 13 heteroatoms. The first kappa shape index (κ1) is 24.6. The fraction of sp³-hybridized carbons (Fsp3) is 0.176. The number of hydrogen-bond donors (Lipinski definition) is 4. The van der Waals surface area contributed by atoms with E-state index >= 15 is 0 Å².